The predicted octanol–water partition coefficient (Wildman–Crippen LogP) is 1.79. The molecule has 0 radical (unpaired) electrons. The summed E-state index contributed by atoms with van der Waals surface area (Å²) in [6, 6.07) is 4.62. The van der Waals surface area contributed by atoms with E-state index >= 15 is 0 Å². The second-order valence-corrected chi connectivity index (χ2v) is 4.30. The minimum Gasteiger partial charge on any atom is -0.383 e. The van der Waals surface area contributed by atoms with Gasteiger partial charge < -0.3 is 14.6 Å². The maximum absolute atomic E-state index is 5.20. The first-order valence-electron chi connectivity index (χ1n) is 5.47. The largest absolute Gasteiger partial charge is 0.383 e. The van der Waals surface area contributed by atoms with E-state index in [0.717, 1.165) is 13.2 Å². The summed E-state index contributed by atoms with van der Waals surface area (Å²) < 4.78 is 7.33. The minimum absolute atomic E-state index is 0.421. The van der Waals surface area contributed by atoms with Gasteiger partial charge in [-0.2, -0.15) is 0 Å². The van der Waals surface area contributed by atoms with Crippen LogP contribution in [0.2, 0.25) is 0 Å². The molecule has 3 heteroatoms. The van der Waals surface area contributed by atoms with E-state index in [1.807, 2.05) is 0 Å². The van der Waals surface area contributed by atoms with Gasteiger partial charge in [-0.1, -0.05) is 13.8 Å². The van der Waals surface area contributed by atoms with Gasteiger partial charge in [0.25, 0.3) is 0 Å². The van der Waals surface area contributed by atoms with Crippen LogP contribution >= 0.6 is 0 Å². The Morgan fingerprint density at radius 1 is 1.47 bits per heavy atom. The van der Waals surface area contributed by atoms with Crippen LogP contribution in [0.25, 0.3) is 0 Å². The van der Waals surface area contributed by atoms with Crippen LogP contribution < -0.4 is 5.32 Å². The minimum atomic E-state index is 0.421. The Morgan fingerprint density at radius 2 is 2.20 bits per heavy atom. The molecule has 0 fully saturated rings. The molecule has 1 unspecified atom stereocenters. The van der Waals surface area contributed by atoms with Gasteiger partial charge in [-0.3, -0.25) is 0 Å². The summed E-state index contributed by atoms with van der Waals surface area (Å²) >= 11 is 0. The Kier molecular flexibility index (Phi) is 4.85. The van der Waals surface area contributed by atoms with Crippen molar-refractivity contribution in [2.45, 2.75) is 26.4 Å². The SMILES string of the molecule is COCC(NCc1cccn1C)C(C)C. The normalized spacial score (nSPS) is 13.4. The van der Waals surface area contributed by atoms with Crippen LogP contribution in [-0.2, 0) is 18.3 Å². The smallest absolute Gasteiger partial charge is 0.0618 e. The molecular weight excluding hydrogens is 188 g/mol. The highest BCUT2D eigenvalue weighted by Gasteiger charge is 2.12. The monoisotopic (exact) mass is 210 g/mol. The fourth-order valence-corrected chi connectivity index (χ4v) is 1.58. The van der Waals surface area contributed by atoms with Crippen molar-refractivity contribution in [2.24, 2.45) is 13.0 Å². The number of rotatable bonds is 6. The average molecular weight is 210 g/mol. The third-order valence-corrected chi connectivity index (χ3v) is 2.75. The molecular formula is C12H22N2O. The summed E-state index contributed by atoms with van der Waals surface area (Å²) in [4.78, 5) is 0. The molecule has 1 aromatic heterocycles. The lowest BCUT2D eigenvalue weighted by Crippen LogP contribution is -2.37. The number of methoxy groups -OCH3 is 1. The number of aryl methyl sites for hydroxylation is 1. The van der Waals surface area contributed by atoms with Crippen LogP contribution in [0.15, 0.2) is 18.3 Å². The van der Waals surface area contributed by atoms with Crippen LogP contribution in [0.3, 0.4) is 0 Å². The molecule has 15 heavy (non-hydrogen) atoms. The van der Waals surface area contributed by atoms with Gasteiger partial charge in [-0.05, 0) is 18.1 Å². The summed E-state index contributed by atoms with van der Waals surface area (Å²) in [5.74, 6) is 0.588. The van der Waals surface area contributed by atoms with E-state index in [1.165, 1.54) is 5.69 Å². The quantitative estimate of drug-likeness (QED) is 0.774. The van der Waals surface area contributed by atoms with Gasteiger partial charge in [-0.15, -0.1) is 0 Å². The Hall–Kier alpha value is -0.800. The second kappa shape index (κ2) is 5.93. The number of nitrogens with one attached hydrogen (secondary N) is 1. The lowest BCUT2D eigenvalue weighted by atomic mass is 10.1. The van der Waals surface area contributed by atoms with Crippen molar-refractivity contribution in [2.75, 3.05) is 13.7 Å². The highest BCUT2D eigenvalue weighted by Crippen LogP contribution is 2.05. The fourth-order valence-electron chi connectivity index (χ4n) is 1.58. The lowest BCUT2D eigenvalue weighted by molar-refractivity contribution is 0.146. The summed E-state index contributed by atoms with van der Waals surface area (Å²) in [7, 11) is 3.82. The third kappa shape index (κ3) is 3.68. The molecule has 1 rings (SSSR count). The molecule has 0 aliphatic heterocycles. The second-order valence-electron chi connectivity index (χ2n) is 4.30. The molecule has 1 aromatic rings. The first kappa shape index (κ1) is 12.3. The van der Waals surface area contributed by atoms with Crippen molar-refractivity contribution in [1.29, 1.82) is 0 Å². The highest BCUT2D eigenvalue weighted by atomic mass is 16.5. The van der Waals surface area contributed by atoms with Crippen molar-refractivity contribution in [3.05, 3.63) is 24.0 Å². The summed E-state index contributed by atoms with van der Waals surface area (Å²) in [5.41, 5.74) is 1.30. The van der Waals surface area contributed by atoms with Crippen molar-refractivity contribution in [3.63, 3.8) is 0 Å². The van der Waals surface area contributed by atoms with E-state index in [-0.39, 0.29) is 0 Å². The molecule has 0 saturated carbocycles. The molecule has 0 spiro atoms. The zero-order valence-electron chi connectivity index (χ0n) is 10.2. The van der Waals surface area contributed by atoms with Gasteiger partial charge >= 0.3 is 0 Å². The Labute approximate surface area is 92.4 Å². The molecule has 1 atom stereocenters. The van der Waals surface area contributed by atoms with Gasteiger partial charge in [0, 0.05) is 38.6 Å². The number of hydrogen-bond acceptors (Lipinski definition) is 2. The third-order valence-electron chi connectivity index (χ3n) is 2.75. The first-order chi connectivity index (χ1) is 7.15. The summed E-state index contributed by atoms with van der Waals surface area (Å²) in [6.45, 7) is 6.08. The molecule has 1 heterocycles. The maximum Gasteiger partial charge on any atom is 0.0618 e. The van der Waals surface area contributed by atoms with Crippen molar-refractivity contribution < 1.29 is 4.74 Å². The van der Waals surface area contributed by atoms with Crippen LogP contribution in [-0.4, -0.2) is 24.3 Å². The van der Waals surface area contributed by atoms with Gasteiger partial charge in [-0.25, -0.2) is 0 Å². The standard InChI is InChI=1S/C12H22N2O/c1-10(2)12(9-15-4)13-8-11-6-5-7-14(11)3/h5-7,10,12-13H,8-9H2,1-4H3. The van der Waals surface area contributed by atoms with E-state index in [0.29, 0.717) is 12.0 Å². The zero-order chi connectivity index (χ0) is 11.3. The molecule has 0 bridgehead atoms. The molecule has 0 aliphatic rings. The highest BCUT2D eigenvalue weighted by molar-refractivity contribution is 5.06. The molecule has 86 valence electrons. The van der Waals surface area contributed by atoms with Gasteiger partial charge in [0.05, 0.1) is 6.61 Å². The topological polar surface area (TPSA) is 26.2 Å². The fraction of sp³-hybridized carbons (Fsp3) is 0.667. The van der Waals surface area contributed by atoms with Gasteiger partial charge in [0.2, 0.25) is 0 Å². The lowest BCUT2D eigenvalue weighted by Gasteiger charge is -2.21. The van der Waals surface area contributed by atoms with Crippen LogP contribution in [0.4, 0.5) is 0 Å². The average Bonchev–Trinajstić information content (AvgIpc) is 2.58. The van der Waals surface area contributed by atoms with Crippen molar-refractivity contribution in [1.82, 2.24) is 9.88 Å². The van der Waals surface area contributed by atoms with Crippen molar-refractivity contribution in [3.8, 4) is 0 Å². The zero-order valence-corrected chi connectivity index (χ0v) is 10.2. The maximum atomic E-state index is 5.20. The van der Waals surface area contributed by atoms with Gasteiger partial charge in [0.1, 0.15) is 0 Å². The van der Waals surface area contributed by atoms with Crippen LogP contribution in [0, 0.1) is 5.92 Å². The van der Waals surface area contributed by atoms with E-state index in [4.69, 9.17) is 4.74 Å². The summed E-state index contributed by atoms with van der Waals surface area (Å²) in [6.07, 6.45) is 2.07. The molecule has 0 saturated heterocycles. The van der Waals surface area contributed by atoms with Crippen molar-refractivity contribution >= 4 is 0 Å². The number of hydrogen-bond donors (Lipinski definition) is 1. The van der Waals surface area contributed by atoms with E-state index in [1.54, 1.807) is 7.11 Å². The molecule has 0 aliphatic carbocycles. The number of ether oxygens (including phenoxy) is 1. The van der Waals surface area contributed by atoms with E-state index in [9.17, 15) is 0 Å². The van der Waals surface area contributed by atoms with E-state index < -0.39 is 0 Å². The molecule has 3 nitrogen and oxygen atoms in total. The molecule has 0 amide bonds. The summed E-state index contributed by atoms with van der Waals surface area (Å²) in [5, 5.41) is 3.52. The predicted molar refractivity (Wildman–Crippen MR) is 62.8 cm³/mol. The van der Waals surface area contributed by atoms with E-state index in [2.05, 4.69) is 49.1 Å². The van der Waals surface area contributed by atoms with Crippen LogP contribution in [0.1, 0.15) is 19.5 Å². The number of aromatic nitrogens is 1. The molecule has 1 N–H and O–H groups in total. The number of nitrogens with zero attached hydrogens (tertiary/aromatic N) is 1. The van der Waals surface area contributed by atoms with Gasteiger partial charge in [0.15, 0.2) is 0 Å². The Morgan fingerprint density at radius 3 is 2.67 bits per heavy atom. The first-order valence-corrected chi connectivity index (χ1v) is 5.47. The Bertz CT molecular complexity index is 281. The van der Waals surface area contributed by atoms with Crippen LogP contribution in [0.5, 0.6) is 0 Å². The Balaban J connectivity index is 2.43. The molecule has 0 aromatic carbocycles.